The minimum atomic E-state index is -3.19. The smallest absolute Gasteiger partial charge is 0.280 e. The standard InChI is InChI=1S/C14H17N3O5S/c1-23(20,21)16-9-8-15-10-11-6-7-14(22-11)12-4-2-3-5-13(12)17(18)19/h2-7,15-16H,8-10H2,1H3. The van der Waals surface area contributed by atoms with Crippen molar-refractivity contribution in [3.05, 3.63) is 52.3 Å². The lowest BCUT2D eigenvalue weighted by Gasteiger charge is -2.03. The Morgan fingerprint density at radius 1 is 1.17 bits per heavy atom. The first-order valence-corrected chi connectivity index (χ1v) is 8.74. The van der Waals surface area contributed by atoms with E-state index >= 15 is 0 Å². The predicted octanol–water partition coefficient (Wildman–Crippen LogP) is 1.49. The maximum absolute atomic E-state index is 11.0. The van der Waals surface area contributed by atoms with Gasteiger partial charge >= 0.3 is 0 Å². The molecular weight excluding hydrogens is 322 g/mol. The highest BCUT2D eigenvalue weighted by Gasteiger charge is 2.16. The van der Waals surface area contributed by atoms with Crippen molar-refractivity contribution in [1.29, 1.82) is 0 Å². The SMILES string of the molecule is CS(=O)(=O)NCCNCc1ccc(-c2ccccc2[N+](=O)[O-])o1. The molecule has 0 aliphatic carbocycles. The summed E-state index contributed by atoms with van der Waals surface area (Å²) >= 11 is 0. The Hall–Kier alpha value is -2.23. The third kappa shape index (κ3) is 5.16. The van der Waals surface area contributed by atoms with Crippen LogP contribution < -0.4 is 10.0 Å². The second-order valence-electron chi connectivity index (χ2n) is 4.88. The number of furan rings is 1. The van der Waals surface area contributed by atoms with E-state index in [1.54, 1.807) is 30.3 Å². The van der Waals surface area contributed by atoms with Crippen molar-refractivity contribution in [2.45, 2.75) is 6.54 Å². The normalized spacial score (nSPS) is 11.5. The quantitative estimate of drug-likeness (QED) is 0.428. The lowest BCUT2D eigenvalue weighted by molar-refractivity contribution is -0.384. The first-order valence-electron chi connectivity index (χ1n) is 6.84. The summed E-state index contributed by atoms with van der Waals surface area (Å²) in [5.41, 5.74) is 0.404. The fraction of sp³-hybridized carbons (Fsp3) is 0.286. The molecule has 0 atom stereocenters. The van der Waals surface area contributed by atoms with E-state index in [9.17, 15) is 18.5 Å². The zero-order valence-electron chi connectivity index (χ0n) is 12.5. The van der Waals surface area contributed by atoms with Gasteiger partial charge in [-0.3, -0.25) is 10.1 Å². The van der Waals surface area contributed by atoms with Crippen LogP contribution in [0.25, 0.3) is 11.3 Å². The van der Waals surface area contributed by atoms with E-state index in [-0.39, 0.29) is 12.2 Å². The van der Waals surface area contributed by atoms with Crippen LogP contribution in [-0.4, -0.2) is 32.7 Å². The van der Waals surface area contributed by atoms with E-state index < -0.39 is 14.9 Å². The van der Waals surface area contributed by atoms with Crippen LogP contribution in [0.5, 0.6) is 0 Å². The van der Waals surface area contributed by atoms with Gasteiger partial charge in [0.1, 0.15) is 11.5 Å². The van der Waals surface area contributed by atoms with Crippen molar-refractivity contribution >= 4 is 15.7 Å². The van der Waals surface area contributed by atoms with Gasteiger partial charge in [0.15, 0.2) is 0 Å². The van der Waals surface area contributed by atoms with Gasteiger partial charge in [0.25, 0.3) is 5.69 Å². The number of hydrogen-bond acceptors (Lipinski definition) is 6. The van der Waals surface area contributed by atoms with Gasteiger partial charge < -0.3 is 9.73 Å². The van der Waals surface area contributed by atoms with Crippen LogP contribution >= 0.6 is 0 Å². The fourth-order valence-corrected chi connectivity index (χ4v) is 2.47. The average molecular weight is 339 g/mol. The highest BCUT2D eigenvalue weighted by atomic mass is 32.2. The summed E-state index contributed by atoms with van der Waals surface area (Å²) in [6, 6.07) is 9.76. The minimum Gasteiger partial charge on any atom is -0.459 e. The molecule has 0 amide bonds. The number of benzene rings is 1. The molecule has 0 aliphatic heterocycles. The van der Waals surface area contributed by atoms with Gasteiger partial charge in [-0.1, -0.05) is 12.1 Å². The van der Waals surface area contributed by atoms with Gasteiger partial charge in [0.05, 0.1) is 23.3 Å². The van der Waals surface area contributed by atoms with Gasteiger partial charge in [0.2, 0.25) is 10.0 Å². The molecule has 2 aromatic rings. The summed E-state index contributed by atoms with van der Waals surface area (Å²) in [4.78, 5) is 10.6. The third-order valence-corrected chi connectivity index (χ3v) is 3.72. The van der Waals surface area contributed by atoms with Gasteiger partial charge in [-0.2, -0.15) is 0 Å². The van der Waals surface area contributed by atoms with Crippen LogP contribution in [0, 0.1) is 10.1 Å². The molecule has 0 bridgehead atoms. The number of sulfonamides is 1. The molecule has 0 fully saturated rings. The molecule has 0 radical (unpaired) electrons. The summed E-state index contributed by atoms with van der Waals surface area (Å²) in [5, 5.41) is 14.0. The van der Waals surface area contributed by atoms with Crippen molar-refractivity contribution in [2.24, 2.45) is 0 Å². The molecule has 0 saturated carbocycles. The third-order valence-electron chi connectivity index (χ3n) is 2.99. The molecule has 0 saturated heterocycles. The molecular formula is C14H17N3O5S. The van der Waals surface area contributed by atoms with E-state index in [0.717, 1.165) is 6.26 Å². The zero-order valence-corrected chi connectivity index (χ0v) is 13.3. The lowest BCUT2D eigenvalue weighted by atomic mass is 10.1. The maximum atomic E-state index is 11.0. The Bertz CT molecular complexity index is 785. The molecule has 1 aromatic carbocycles. The average Bonchev–Trinajstić information content (AvgIpc) is 2.94. The molecule has 2 N–H and O–H groups in total. The second kappa shape index (κ2) is 7.36. The Morgan fingerprint density at radius 3 is 2.61 bits per heavy atom. The van der Waals surface area contributed by atoms with Gasteiger partial charge in [0, 0.05) is 19.2 Å². The van der Waals surface area contributed by atoms with Crippen molar-refractivity contribution in [2.75, 3.05) is 19.3 Å². The molecule has 23 heavy (non-hydrogen) atoms. The first-order chi connectivity index (χ1) is 10.9. The summed E-state index contributed by atoms with van der Waals surface area (Å²) in [6.07, 6.45) is 1.10. The van der Waals surface area contributed by atoms with E-state index in [1.807, 2.05) is 0 Å². The number of hydrogen-bond donors (Lipinski definition) is 2. The highest BCUT2D eigenvalue weighted by molar-refractivity contribution is 7.88. The van der Waals surface area contributed by atoms with Crippen molar-refractivity contribution < 1.29 is 17.8 Å². The maximum Gasteiger partial charge on any atom is 0.280 e. The molecule has 0 unspecified atom stereocenters. The Balaban J connectivity index is 1.95. The lowest BCUT2D eigenvalue weighted by Crippen LogP contribution is -2.30. The zero-order chi connectivity index (χ0) is 16.9. The second-order valence-corrected chi connectivity index (χ2v) is 6.72. The molecule has 8 nitrogen and oxygen atoms in total. The summed E-state index contributed by atoms with van der Waals surface area (Å²) < 4.78 is 29.8. The minimum absolute atomic E-state index is 0.0151. The topological polar surface area (TPSA) is 114 Å². The van der Waals surface area contributed by atoms with Crippen LogP contribution in [0.3, 0.4) is 0 Å². The summed E-state index contributed by atoms with van der Waals surface area (Å²) in [5.74, 6) is 1.03. The number of rotatable bonds is 8. The highest BCUT2D eigenvalue weighted by Crippen LogP contribution is 2.30. The number of nitro benzene ring substituents is 1. The molecule has 1 heterocycles. The molecule has 2 rings (SSSR count). The number of nitrogens with one attached hydrogen (secondary N) is 2. The van der Waals surface area contributed by atoms with Crippen molar-refractivity contribution in [3.63, 3.8) is 0 Å². The molecule has 124 valence electrons. The van der Waals surface area contributed by atoms with Gasteiger partial charge in [-0.15, -0.1) is 0 Å². The largest absolute Gasteiger partial charge is 0.459 e. The first kappa shape index (κ1) is 17.1. The monoisotopic (exact) mass is 339 g/mol. The molecule has 1 aromatic heterocycles. The van der Waals surface area contributed by atoms with Crippen LogP contribution in [0.15, 0.2) is 40.8 Å². The van der Waals surface area contributed by atoms with E-state index in [1.165, 1.54) is 6.07 Å². The Labute approximate surface area is 133 Å². The van der Waals surface area contributed by atoms with E-state index in [4.69, 9.17) is 4.42 Å². The van der Waals surface area contributed by atoms with E-state index in [2.05, 4.69) is 10.0 Å². The van der Waals surface area contributed by atoms with Gasteiger partial charge in [-0.25, -0.2) is 13.1 Å². The van der Waals surface area contributed by atoms with Crippen LogP contribution in [-0.2, 0) is 16.6 Å². The Kier molecular flexibility index (Phi) is 5.48. The number of nitrogens with zero attached hydrogens (tertiary/aromatic N) is 1. The Morgan fingerprint density at radius 2 is 1.91 bits per heavy atom. The molecule has 9 heteroatoms. The summed E-state index contributed by atoms with van der Waals surface area (Å²) in [6.45, 7) is 1.11. The van der Waals surface area contributed by atoms with Crippen LogP contribution in [0.1, 0.15) is 5.76 Å². The number of para-hydroxylation sites is 1. The van der Waals surface area contributed by atoms with Crippen LogP contribution in [0.4, 0.5) is 5.69 Å². The van der Waals surface area contributed by atoms with Crippen LogP contribution in [0.2, 0.25) is 0 Å². The van der Waals surface area contributed by atoms with E-state index in [0.29, 0.717) is 30.2 Å². The molecule has 0 spiro atoms. The summed E-state index contributed by atoms with van der Waals surface area (Å²) in [7, 11) is -3.19. The van der Waals surface area contributed by atoms with Crippen molar-refractivity contribution in [1.82, 2.24) is 10.0 Å². The molecule has 0 aliphatic rings. The number of nitro groups is 1. The van der Waals surface area contributed by atoms with Crippen molar-refractivity contribution in [3.8, 4) is 11.3 Å². The predicted molar refractivity (Wildman–Crippen MR) is 85.4 cm³/mol. The van der Waals surface area contributed by atoms with Gasteiger partial charge in [-0.05, 0) is 18.2 Å². The fourth-order valence-electron chi connectivity index (χ4n) is 2.00.